The van der Waals surface area contributed by atoms with Gasteiger partial charge in [-0.1, -0.05) is 18.2 Å². The molecule has 4 rings (SSSR count). The van der Waals surface area contributed by atoms with E-state index in [1.54, 1.807) is 32.6 Å². The fraction of sp³-hybridized carbons (Fsp3) is 0.321. The van der Waals surface area contributed by atoms with E-state index in [0.29, 0.717) is 40.4 Å². The van der Waals surface area contributed by atoms with Gasteiger partial charge in [-0.05, 0) is 29.8 Å². The van der Waals surface area contributed by atoms with Crippen LogP contribution in [0.25, 0.3) is 17.0 Å². The summed E-state index contributed by atoms with van der Waals surface area (Å²) in [5.74, 6) is -2.34. The van der Waals surface area contributed by atoms with Crippen LogP contribution in [0.1, 0.15) is 28.8 Å². The van der Waals surface area contributed by atoms with Crippen LogP contribution in [0.15, 0.2) is 47.1 Å². The van der Waals surface area contributed by atoms with Gasteiger partial charge in [-0.3, -0.25) is 4.79 Å². The highest BCUT2D eigenvalue weighted by atomic mass is 16.5. The molecule has 0 saturated carbocycles. The van der Waals surface area contributed by atoms with Crippen LogP contribution in [0, 0.1) is 0 Å². The fourth-order valence-electron chi connectivity index (χ4n) is 4.27. The number of rotatable bonds is 10. The molecule has 0 aliphatic carbocycles. The third-order valence-corrected chi connectivity index (χ3v) is 6.16. The number of quaternary nitrogens is 1. The minimum atomic E-state index is -2.07. The Kier molecular flexibility index (Phi) is 10.3. The van der Waals surface area contributed by atoms with Gasteiger partial charge in [0.25, 0.3) is 0 Å². The number of hydrogen-bond acceptors (Lipinski definition) is 9. The van der Waals surface area contributed by atoms with Crippen molar-refractivity contribution in [2.24, 2.45) is 0 Å². The molecule has 0 unspecified atom stereocenters. The number of ether oxygens (including phenoxy) is 4. The normalized spacial score (nSPS) is 13.1. The van der Waals surface area contributed by atoms with Crippen molar-refractivity contribution in [2.75, 3.05) is 47.6 Å². The number of allylic oxidation sites excluding steroid dienone is 1. The van der Waals surface area contributed by atoms with E-state index < -0.39 is 11.9 Å². The van der Waals surface area contributed by atoms with Crippen molar-refractivity contribution >= 4 is 34.8 Å². The van der Waals surface area contributed by atoms with E-state index in [2.05, 4.69) is 0 Å². The van der Waals surface area contributed by atoms with E-state index in [9.17, 15) is 4.79 Å². The predicted molar refractivity (Wildman–Crippen MR) is 139 cm³/mol. The van der Waals surface area contributed by atoms with Crippen LogP contribution in [-0.4, -0.2) is 70.4 Å². The Hall–Kier alpha value is -4.51. The number of nitrogens with one attached hydrogen (secondary N) is 1. The first kappa shape index (κ1) is 29.1. The van der Waals surface area contributed by atoms with Gasteiger partial charge in [-0.2, -0.15) is 0 Å². The summed E-state index contributed by atoms with van der Waals surface area (Å²) >= 11 is 0. The number of aliphatic carboxylic acids is 2. The predicted octanol–water partition coefficient (Wildman–Crippen LogP) is 1.23. The number of carbonyl (C=O) groups excluding carboxylic acids is 2. The topological polar surface area (TPSA) is 149 Å². The van der Waals surface area contributed by atoms with E-state index in [0.717, 1.165) is 30.9 Å². The van der Waals surface area contributed by atoms with Crippen LogP contribution in [0.5, 0.6) is 23.0 Å². The highest BCUT2D eigenvalue weighted by Gasteiger charge is 2.28. The van der Waals surface area contributed by atoms with Crippen LogP contribution >= 0.6 is 0 Å². The van der Waals surface area contributed by atoms with E-state index in [4.69, 9.17) is 43.2 Å². The highest BCUT2D eigenvalue weighted by Crippen LogP contribution is 2.46. The highest BCUT2D eigenvalue weighted by molar-refractivity contribution is 6.26. The van der Waals surface area contributed by atoms with Crippen LogP contribution in [-0.2, 0) is 9.59 Å². The SMILES string of the molecule is COc1ccc(/C=C/C(=O)c2c(OCC[NH+]3CCCC3)c(OC)c3occc3c2OC)cc1.O=C([O-])C(=O)O. The molecule has 0 radical (unpaired) electrons. The molecule has 208 valence electrons. The zero-order valence-electron chi connectivity index (χ0n) is 22.0. The second-order valence-electron chi connectivity index (χ2n) is 8.55. The quantitative estimate of drug-likeness (QED) is 0.218. The Morgan fingerprint density at radius 1 is 0.974 bits per heavy atom. The fourth-order valence-corrected chi connectivity index (χ4v) is 4.27. The molecule has 11 heteroatoms. The van der Waals surface area contributed by atoms with Crippen molar-refractivity contribution in [3.63, 3.8) is 0 Å². The summed E-state index contributed by atoms with van der Waals surface area (Å²) in [6.07, 6.45) is 7.31. The Balaban J connectivity index is 0.000000631. The van der Waals surface area contributed by atoms with Crippen LogP contribution in [0.4, 0.5) is 0 Å². The summed E-state index contributed by atoms with van der Waals surface area (Å²) in [6.45, 7) is 3.62. The molecule has 1 aromatic heterocycles. The number of fused-ring (bicyclic) bond motifs is 1. The Morgan fingerprint density at radius 3 is 2.18 bits per heavy atom. The molecule has 2 aromatic carbocycles. The molecule has 0 amide bonds. The molecule has 1 aliphatic rings. The number of likely N-dealkylation sites (tertiary alicyclic amines) is 1. The van der Waals surface area contributed by atoms with Crippen molar-refractivity contribution in [1.82, 2.24) is 0 Å². The zero-order valence-corrected chi connectivity index (χ0v) is 22.0. The average molecular weight is 542 g/mol. The van der Waals surface area contributed by atoms with E-state index >= 15 is 0 Å². The van der Waals surface area contributed by atoms with Crippen LogP contribution < -0.4 is 29.0 Å². The third-order valence-electron chi connectivity index (χ3n) is 6.16. The van der Waals surface area contributed by atoms with Gasteiger partial charge in [-0.25, -0.2) is 4.79 Å². The Bertz CT molecular complexity index is 1310. The number of hydrogen-bond donors (Lipinski definition) is 2. The summed E-state index contributed by atoms with van der Waals surface area (Å²) in [5, 5.41) is 17.0. The average Bonchev–Trinajstić information content (AvgIpc) is 3.64. The number of benzene rings is 2. The second-order valence-corrected chi connectivity index (χ2v) is 8.55. The second kappa shape index (κ2) is 13.9. The van der Waals surface area contributed by atoms with Crippen molar-refractivity contribution in [3.05, 3.63) is 53.8 Å². The molecular weight excluding hydrogens is 510 g/mol. The van der Waals surface area contributed by atoms with Gasteiger partial charge in [0.05, 0.1) is 46.1 Å². The zero-order chi connectivity index (χ0) is 28.4. The van der Waals surface area contributed by atoms with Crippen molar-refractivity contribution < 1.29 is 52.9 Å². The summed E-state index contributed by atoms with van der Waals surface area (Å²) in [4.78, 5) is 33.0. The van der Waals surface area contributed by atoms with Gasteiger partial charge in [0.15, 0.2) is 23.1 Å². The summed E-state index contributed by atoms with van der Waals surface area (Å²) in [5.41, 5.74) is 1.69. The largest absolute Gasteiger partial charge is 0.539 e. The van der Waals surface area contributed by atoms with Crippen molar-refractivity contribution in [2.45, 2.75) is 12.8 Å². The van der Waals surface area contributed by atoms with Gasteiger partial charge in [0.1, 0.15) is 30.2 Å². The van der Waals surface area contributed by atoms with Crippen molar-refractivity contribution in [1.29, 1.82) is 0 Å². The van der Waals surface area contributed by atoms with E-state index in [-0.39, 0.29) is 5.78 Å². The smallest absolute Gasteiger partial charge is 0.351 e. The van der Waals surface area contributed by atoms with Crippen molar-refractivity contribution in [3.8, 4) is 23.0 Å². The lowest BCUT2D eigenvalue weighted by Crippen LogP contribution is -3.10. The molecule has 11 nitrogen and oxygen atoms in total. The van der Waals surface area contributed by atoms with Crippen LogP contribution in [0.3, 0.4) is 0 Å². The minimum Gasteiger partial charge on any atom is -0.539 e. The first-order chi connectivity index (χ1) is 18.8. The molecular formula is C28H31NO10. The third kappa shape index (κ3) is 7.29. The standard InChI is InChI=1S/C26H29NO6.C2H2O4/c1-29-19-9-6-18(7-10-19)8-11-21(28)22-23(30-2)20-12-16-32-24(20)26(31-3)25(22)33-17-15-27-13-4-5-14-27;3-1(4)2(5)6/h6-12,16H,4-5,13-15,17H2,1-3H3;(H,3,4)(H,5,6)/b11-8+;. The van der Waals surface area contributed by atoms with Crippen LogP contribution in [0.2, 0.25) is 0 Å². The van der Waals surface area contributed by atoms with Gasteiger partial charge < -0.3 is 43.3 Å². The minimum absolute atomic E-state index is 0.243. The van der Waals surface area contributed by atoms with E-state index in [1.807, 2.05) is 24.3 Å². The number of furan rings is 1. The molecule has 1 fully saturated rings. The maximum absolute atomic E-state index is 13.4. The number of methoxy groups -OCH3 is 3. The monoisotopic (exact) mass is 541 g/mol. The Morgan fingerprint density at radius 2 is 1.62 bits per heavy atom. The molecule has 2 N–H and O–H groups in total. The first-order valence-corrected chi connectivity index (χ1v) is 12.2. The molecule has 0 atom stereocenters. The lowest BCUT2D eigenvalue weighted by Gasteiger charge is -2.18. The Labute approximate surface area is 225 Å². The maximum Gasteiger partial charge on any atom is 0.351 e. The number of carbonyl (C=O) groups is 3. The molecule has 1 saturated heterocycles. The number of carboxylic acid groups (broad SMARTS) is 2. The molecule has 1 aliphatic heterocycles. The lowest BCUT2D eigenvalue weighted by atomic mass is 10.0. The van der Waals surface area contributed by atoms with Gasteiger partial charge in [0, 0.05) is 12.8 Å². The molecule has 0 spiro atoms. The summed E-state index contributed by atoms with van der Waals surface area (Å²) < 4.78 is 28.4. The maximum atomic E-state index is 13.4. The van der Waals surface area contributed by atoms with E-state index in [1.165, 1.54) is 30.9 Å². The summed E-state index contributed by atoms with van der Waals surface area (Å²) in [7, 11) is 4.70. The molecule has 3 aromatic rings. The van der Waals surface area contributed by atoms with Gasteiger partial charge in [-0.15, -0.1) is 0 Å². The van der Waals surface area contributed by atoms with Gasteiger partial charge in [0.2, 0.25) is 5.75 Å². The molecule has 2 heterocycles. The number of carboxylic acids is 2. The molecule has 39 heavy (non-hydrogen) atoms. The number of ketones is 1. The van der Waals surface area contributed by atoms with Gasteiger partial charge >= 0.3 is 5.97 Å². The first-order valence-electron chi connectivity index (χ1n) is 12.2. The molecule has 0 bridgehead atoms. The summed E-state index contributed by atoms with van der Waals surface area (Å²) in [6, 6.07) is 9.23. The lowest BCUT2D eigenvalue weighted by molar-refractivity contribution is -0.887.